The van der Waals surface area contributed by atoms with E-state index in [1.54, 1.807) is 18.2 Å². The average molecular weight is 343 g/mol. The van der Waals surface area contributed by atoms with Crippen molar-refractivity contribution in [3.05, 3.63) is 23.2 Å². The van der Waals surface area contributed by atoms with E-state index in [9.17, 15) is 9.90 Å². The molecule has 130 valence electrons. The monoisotopic (exact) mass is 342 g/mol. The minimum Gasteiger partial charge on any atom is -0.495 e. The molecule has 1 aromatic carbocycles. The third kappa shape index (κ3) is 6.77. The van der Waals surface area contributed by atoms with E-state index >= 15 is 0 Å². The lowest BCUT2D eigenvalue weighted by Gasteiger charge is -2.27. The van der Waals surface area contributed by atoms with Crippen LogP contribution in [0.15, 0.2) is 18.2 Å². The fraction of sp³-hybridized carbons (Fsp3) is 0.588. The minimum atomic E-state index is -0.471. The Bertz CT molecular complexity index is 529. The molecule has 1 aromatic rings. The van der Waals surface area contributed by atoms with Gasteiger partial charge in [-0.1, -0.05) is 32.4 Å². The fourth-order valence-electron chi connectivity index (χ4n) is 1.95. The molecule has 0 aliphatic rings. The van der Waals surface area contributed by atoms with Crippen LogP contribution < -0.4 is 15.4 Å². The maximum Gasteiger partial charge on any atom is 0.226 e. The summed E-state index contributed by atoms with van der Waals surface area (Å²) >= 11 is 5.94. The van der Waals surface area contributed by atoms with Crippen molar-refractivity contribution in [1.82, 2.24) is 5.32 Å². The number of aliphatic hydroxyl groups is 1. The van der Waals surface area contributed by atoms with Crippen LogP contribution in [0.2, 0.25) is 5.02 Å². The molecule has 6 heteroatoms. The predicted molar refractivity (Wildman–Crippen MR) is 94.2 cm³/mol. The second-order valence-corrected chi connectivity index (χ2v) is 7.22. The highest BCUT2D eigenvalue weighted by Crippen LogP contribution is 2.27. The average Bonchev–Trinajstić information content (AvgIpc) is 2.43. The van der Waals surface area contributed by atoms with Crippen molar-refractivity contribution in [2.75, 3.05) is 19.0 Å². The number of methoxy groups -OCH3 is 1. The van der Waals surface area contributed by atoms with Crippen molar-refractivity contribution in [2.24, 2.45) is 5.41 Å². The van der Waals surface area contributed by atoms with Gasteiger partial charge in [0.15, 0.2) is 0 Å². The predicted octanol–water partition coefficient (Wildman–Crippen LogP) is 3.06. The number of halogens is 1. The molecule has 0 bridgehead atoms. The van der Waals surface area contributed by atoms with Crippen LogP contribution in [0.5, 0.6) is 5.75 Å². The quantitative estimate of drug-likeness (QED) is 0.712. The molecule has 0 aliphatic heterocycles. The third-order valence-corrected chi connectivity index (χ3v) is 3.82. The van der Waals surface area contributed by atoms with Gasteiger partial charge in [0.1, 0.15) is 5.75 Å². The Morgan fingerprint density at radius 1 is 1.39 bits per heavy atom. The Morgan fingerprint density at radius 3 is 2.61 bits per heavy atom. The zero-order chi connectivity index (χ0) is 17.6. The number of amides is 1. The first kappa shape index (κ1) is 19.7. The summed E-state index contributed by atoms with van der Waals surface area (Å²) in [6, 6.07) is 5.00. The maximum absolute atomic E-state index is 12.1. The van der Waals surface area contributed by atoms with Crippen LogP contribution in [0.25, 0.3) is 0 Å². The standard InChI is InChI=1S/C17H27ClN2O3/c1-11(19-10-15(21)17(2,3)4)8-16(22)20-13-9-12(18)6-7-14(13)23-5/h6-7,9,11,15,19,21H,8,10H2,1-5H3,(H,20,22). The van der Waals surface area contributed by atoms with E-state index in [4.69, 9.17) is 16.3 Å². The molecule has 0 fully saturated rings. The van der Waals surface area contributed by atoms with Gasteiger partial charge in [0.25, 0.3) is 0 Å². The van der Waals surface area contributed by atoms with E-state index in [1.807, 2.05) is 27.7 Å². The Balaban J connectivity index is 2.52. The van der Waals surface area contributed by atoms with Gasteiger partial charge >= 0.3 is 0 Å². The Hall–Kier alpha value is -1.30. The van der Waals surface area contributed by atoms with Crippen LogP contribution in [0.4, 0.5) is 5.69 Å². The molecular weight excluding hydrogens is 316 g/mol. The summed E-state index contributed by atoms with van der Waals surface area (Å²) in [6.07, 6.45) is -0.187. The van der Waals surface area contributed by atoms with Crippen LogP contribution in [0.1, 0.15) is 34.1 Å². The minimum absolute atomic E-state index is 0.0582. The highest BCUT2D eigenvalue weighted by atomic mass is 35.5. The molecule has 1 amide bonds. The van der Waals surface area contributed by atoms with Crippen molar-refractivity contribution in [3.63, 3.8) is 0 Å². The van der Waals surface area contributed by atoms with E-state index in [2.05, 4.69) is 10.6 Å². The normalized spacial score (nSPS) is 14.2. The van der Waals surface area contributed by atoms with Crippen molar-refractivity contribution in [1.29, 1.82) is 0 Å². The lowest BCUT2D eigenvalue weighted by molar-refractivity contribution is -0.116. The van der Waals surface area contributed by atoms with Crippen molar-refractivity contribution >= 4 is 23.2 Å². The molecule has 0 spiro atoms. The number of ether oxygens (including phenoxy) is 1. The molecule has 0 saturated heterocycles. The number of hydrogen-bond donors (Lipinski definition) is 3. The van der Waals surface area contributed by atoms with Crippen molar-refractivity contribution in [2.45, 2.75) is 46.3 Å². The molecule has 5 nitrogen and oxygen atoms in total. The second kappa shape index (κ2) is 8.52. The molecule has 0 aliphatic carbocycles. The summed E-state index contributed by atoms with van der Waals surface area (Å²) in [7, 11) is 1.54. The maximum atomic E-state index is 12.1. The summed E-state index contributed by atoms with van der Waals surface area (Å²) < 4.78 is 5.20. The highest BCUT2D eigenvalue weighted by Gasteiger charge is 2.22. The number of hydrogen-bond acceptors (Lipinski definition) is 4. The fourth-order valence-corrected chi connectivity index (χ4v) is 2.12. The zero-order valence-corrected chi connectivity index (χ0v) is 15.2. The third-order valence-electron chi connectivity index (χ3n) is 3.59. The summed E-state index contributed by atoms with van der Waals surface area (Å²) in [5.41, 5.74) is 0.357. The van der Waals surface area contributed by atoms with E-state index in [0.29, 0.717) is 23.0 Å². The molecule has 0 saturated carbocycles. The van der Waals surface area contributed by atoms with E-state index in [-0.39, 0.29) is 23.8 Å². The Kier molecular flexibility index (Phi) is 7.32. The van der Waals surface area contributed by atoms with Crippen LogP contribution >= 0.6 is 11.6 Å². The number of nitrogens with one attached hydrogen (secondary N) is 2. The van der Waals surface area contributed by atoms with E-state index in [1.165, 1.54) is 7.11 Å². The lowest BCUT2D eigenvalue weighted by atomic mass is 9.89. The van der Waals surface area contributed by atoms with Gasteiger partial charge in [-0.2, -0.15) is 0 Å². The number of rotatable bonds is 7. The van der Waals surface area contributed by atoms with E-state index in [0.717, 1.165) is 0 Å². The first-order valence-corrected chi connectivity index (χ1v) is 8.06. The molecule has 2 atom stereocenters. The zero-order valence-electron chi connectivity index (χ0n) is 14.4. The first-order valence-electron chi connectivity index (χ1n) is 7.68. The second-order valence-electron chi connectivity index (χ2n) is 6.79. The molecule has 0 aromatic heterocycles. The highest BCUT2D eigenvalue weighted by molar-refractivity contribution is 6.31. The van der Waals surface area contributed by atoms with Gasteiger partial charge in [-0.05, 0) is 30.5 Å². The van der Waals surface area contributed by atoms with Gasteiger partial charge in [0.2, 0.25) is 5.91 Å². The largest absolute Gasteiger partial charge is 0.495 e. The van der Waals surface area contributed by atoms with Crippen LogP contribution in [-0.2, 0) is 4.79 Å². The molecular formula is C17H27ClN2O3. The van der Waals surface area contributed by atoms with E-state index < -0.39 is 6.10 Å². The van der Waals surface area contributed by atoms with Gasteiger partial charge in [0, 0.05) is 24.0 Å². The molecule has 1 rings (SSSR count). The van der Waals surface area contributed by atoms with Gasteiger partial charge in [-0.3, -0.25) is 4.79 Å². The van der Waals surface area contributed by atoms with Gasteiger partial charge < -0.3 is 20.5 Å². The lowest BCUT2D eigenvalue weighted by Crippen LogP contribution is -2.41. The number of benzene rings is 1. The molecule has 2 unspecified atom stereocenters. The number of carbonyl (C=O) groups excluding carboxylic acids is 1. The number of carbonyl (C=O) groups is 1. The summed E-state index contributed by atoms with van der Waals surface area (Å²) in [6.45, 7) is 8.27. The number of anilines is 1. The number of aliphatic hydroxyl groups excluding tert-OH is 1. The molecule has 23 heavy (non-hydrogen) atoms. The molecule has 0 heterocycles. The summed E-state index contributed by atoms with van der Waals surface area (Å²) in [5, 5.41) is 16.5. The van der Waals surface area contributed by atoms with Crippen LogP contribution in [0.3, 0.4) is 0 Å². The Labute approximate surface area is 143 Å². The van der Waals surface area contributed by atoms with Gasteiger partial charge in [-0.25, -0.2) is 0 Å². The SMILES string of the molecule is COc1ccc(Cl)cc1NC(=O)CC(C)NCC(O)C(C)(C)C. The van der Waals surface area contributed by atoms with Crippen molar-refractivity contribution in [3.8, 4) is 5.75 Å². The van der Waals surface area contributed by atoms with Crippen LogP contribution in [-0.4, -0.2) is 36.8 Å². The van der Waals surface area contributed by atoms with Crippen molar-refractivity contribution < 1.29 is 14.6 Å². The Morgan fingerprint density at radius 2 is 2.04 bits per heavy atom. The topological polar surface area (TPSA) is 70.6 Å². The smallest absolute Gasteiger partial charge is 0.226 e. The van der Waals surface area contributed by atoms with Gasteiger partial charge in [0.05, 0.1) is 18.9 Å². The molecule has 0 radical (unpaired) electrons. The van der Waals surface area contributed by atoms with Gasteiger partial charge in [-0.15, -0.1) is 0 Å². The molecule has 3 N–H and O–H groups in total. The van der Waals surface area contributed by atoms with Crippen LogP contribution in [0, 0.1) is 5.41 Å². The summed E-state index contributed by atoms with van der Waals surface area (Å²) in [4.78, 5) is 12.1. The summed E-state index contributed by atoms with van der Waals surface area (Å²) in [5.74, 6) is 0.419. The first-order chi connectivity index (χ1) is 10.6.